The number of rotatable bonds is 27. The van der Waals surface area contributed by atoms with Crippen molar-refractivity contribution in [3.63, 3.8) is 0 Å². The van der Waals surface area contributed by atoms with Gasteiger partial charge in [0.2, 0.25) is 0 Å². The molecule has 8 heteroatoms. The molecule has 0 aromatic carbocycles. The van der Waals surface area contributed by atoms with Gasteiger partial charge in [-0.15, -0.1) is 0 Å². The normalized spacial score (nSPS) is 11.9. The van der Waals surface area contributed by atoms with Crippen LogP contribution < -0.4 is 15.3 Å². The molecule has 0 aliphatic heterocycles. The summed E-state index contributed by atoms with van der Waals surface area (Å²) >= 11 is 0. The first kappa shape index (κ1) is 53.8. The second-order valence-corrected chi connectivity index (χ2v) is 11.5. The molecule has 0 saturated carbocycles. The number of carboxylic acid groups (broad SMARTS) is 3. The molecule has 0 aliphatic carbocycles. The second kappa shape index (κ2) is 46.5. The van der Waals surface area contributed by atoms with Crippen LogP contribution in [0.1, 0.15) is 127 Å². The molecule has 0 amide bonds. The zero-order valence-electron chi connectivity index (χ0n) is 32.6. The fraction of sp³-hybridized carbons (Fsp3) is 0.391. The number of aromatic carboxylic acids is 1. The van der Waals surface area contributed by atoms with Crippen LogP contribution in [-0.4, -0.2) is 40.3 Å². The van der Waals surface area contributed by atoms with Gasteiger partial charge in [-0.3, -0.25) is 4.98 Å². The minimum absolute atomic E-state index is 0. The fourth-order valence-electron chi connectivity index (χ4n) is 3.95. The van der Waals surface area contributed by atoms with E-state index < -0.39 is 17.9 Å². The number of carbonyl (C=O) groups excluding carboxylic acids is 3. The van der Waals surface area contributed by atoms with Gasteiger partial charge in [-0.2, -0.15) is 0 Å². The Kier molecular flexibility index (Phi) is 46.4. The van der Waals surface area contributed by atoms with Gasteiger partial charge in [0.25, 0.3) is 0 Å². The SMILES string of the molecule is CC/C=C\C/C=C\C/C=C\C/C=C\C/C=C\CCCC(=O)[O-].CC/C=C\C/C=C\C/C=C\C/C=C\C/C=C\CCCC(=O)[O-].O=C([O-])c1cccnc1.[Al+3]. The molecule has 0 radical (unpaired) electrons. The van der Waals surface area contributed by atoms with Crippen molar-refractivity contribution >= 4 is 35.3 Å². The number of carbonyl (C=O) groups is 3. The Hall–Kier alpha value is -4.51. The predicted molar refractivity (Wildman–Crippen MR) is 221 cm³/mol. The largest absolute Gasteiger partial charge is 3.00 e. The van der Waals surface area contributed by atoms with Crippen LogP contribution in [0.2, 0.25) is 0 Å². The Morgan fingerprint density at radius 1 is 0.500 bits per heavy atom. The van der Waals surface area contributed by atoms with E-state index in [0.717, 1.165) is 77.0 Å². The quantitative estimate of drug-likeness (QED) is 0.0501. The number of hydrogen-bond acceptors (Lipinski definition) is 7. The zero-order valence-corrected chi connectivity index (χ0v) is 33.8. The number of aliphatic carboxylic acids is 2. The van der Waals surface area contributed by atoms with Gasteiger partial charge in [-0.1, -0.05) is 141 Å². The number of pyridine rings is 1. The monoisotopic (exact) mass is 751 g/mol. The summed E-state index contributed by atoms with van der Waals surface area (Å²) < 4.78 is 0. The van der Waals surface area contributed by atoms with Crippen molar-refractivity contribution < 1.29 is 29.7 Å². The molecular weight excluding hydrogens is 689 g/mol. The van der Waals surface area contributed by atoms with Crippen LogP contribution in [0.15, 0.2) is 146 Å². The second-order valence-electron chi connectivity index (χ2n) is 11.5. The van der Waals surface area contributed by atoms with E-state index in [-0.39, 0.29) is 35.8 Å². The molecule has 1 rings (SSSR count). The van der Waals surface area contributed by atoms with Crippen LogP contribution in [0, 0.1) is 0 Å². The summed E-state index contributed by atoms with van der Waals surface area (Å²) in [5.74, 6) is -3.12. The number of aromatic nitrogens is 1. The Balaban J connectivity index is -0.000000771. The van der Waals surface area contributed by atoms with Gasteiger partial charge in [0.1, 0.15) is 0 Å². The molecule has 0 saturated heterocycles. The van der Waals surface area contributed by atoms with Gasteiger partial charge in [0.05, 0.1) is 5.97 Å². The maximum atomic E-state index is 10.2. The van der Waals surface area contributed by atoms with Crippen LogP contribution in [0.3, 0.4) is 0 Å². The van der Waals surface area contributed by atoms with Gasteiger partial charge in [0, 0.05) is 29.9 Å². The van der Waals surface area contributed by atoms with Crippen LogP contribution in [0.5, 0.6) is 0 Å². The number of hydrogen-bond donors (Lipinski definition) is 0. The van der Waals surface area contributed by atoms with Crippen molar-refractivity contribution in [1.82, 2.24) is 4.98 Å². The minimum atomic E-state index is -1.19. The third kappa shape index (κ3) is 49.6. The molecule has 0 unspecified atom stereocenters. The molecule has 1 aromatic heterocycles. The predicted octanol–water partition coefficient (Wildman–Crippen LogP) is 8.38. The molecule has 0 aliphatic rings. The molecule has 0 atom stereocenters. The van der Waals surface area contributed by atoms with Crippen molar-refractivity contribution in [2.24, 2.45) is 0 Å². The van der Waals surface area contributed by atoms with Gasteiger partial charge < -0.3 is 29.7 Å². The third-order valence-corrected chi connectivity index (χ3v) is 6.72. The van der Waals surface area contributed by atoms with Gasteiger partial charge in [-0.25, -0.2) is 0 Å². The summed E-state index contributed by atoms with van der Waals surface area (Å²) in [5, 5.41) is 30.4. The summed E-state index contributed by atoms with van der Waals surface area (Å²) in [4.78, 5) is 34.0. The van der Waals surface area contributed by atoms with Crippen LogP contribution in [0.25, 0.3) is 0 Å². The van der Waals surface area contributed by atoms with Crippen molar-refractivity contribution in [2.75, 3.05) is 0 Å². The topological polar surface area (TPSA) is 133 Å². The van der Waals surface area contributed by atoms with Crippen molar-refractivity contribution in [2.45, 2.75) is 117 Å². The summed E-state index contributed by atoms with van der Waals surface area (Å²) in [7, 11) is 0. The summed E-state index contributed by atoms with van der Waals surface area (Å²) in [6, 6.07) is 2.98. The third-order valence-electron chi connectivity index (χ3n) is 6.72. The summed E-state index contributed by atoms with van der Waals surface area (Å²) in [6.45, 7) is 4.28. The smallest absolute Gasteiger partial charge is 0.550 e. The Bertz CT molecular complexity index is 1260. The summed E-state index contributed by atoms with van der Waals surface area (Å²) in [6.07, 6.45) is 58.9. The number of nitrogens with zero attached hydrogens (tertiary/aromatic N) is 1. The first-order chi connectivity index (χ1) is 25.8. The zero-order chi connectivity index (χ0) is 39.3. The minimum Gasteiger partial charge on any atom is -0.550 e. The molecule has 7 nitrogen and oxygen atoms in total. The Morgan fingerprint density at radius 2 is 0.796 bits per heavy atom. The molecule has 290 valence electrons. The molecular formula is C46H62AlNO6. The van der Waals surface area contributed by atoms with E-state index in [2.05, 4.69) is 128 Å². The number of unbranched alkanes of at least 4 members (excludes halogenated alkanes) is 2. The van der Waals surface area contributed by atoms with E-state index in [1.54, 1.807) is 6.07 Å². The van der Waals surface area contributed by atoms with Crippen LogP contribution in [0.4, 0.5) is 0 Å². The van der Waals surface area contributed by atoms with Crippen molar-refractivity contribution in [3.05, 3.63) is 152 Å². The van der Waals surface area contributed by atoms with Crippen molar-refractivity contribution in [3.8, 4) is 0 Å². The molecule has 0 fully saturated rings. The number of carboxylic acids is 3. The maximum absolute atomic E-state index is 10.2. The first-order valence-electron chi connectivity index (χ1n) is 18.9. The number of allylic oxidation sites excluding steroid dienone is 20. The van der Waals surface area contributed by atoms with Gasteiger partial charge in [0.15, 0.2) is 0 Å². The van der Waals surface area contributed by atoms with Crippen LogP contribution in [-0.2, 0) is 9.59 Å². The fourth-order valence-corrected chi connectivity index (χ4v) is 3.95. The molecule has 54 heavy (non-hydrogen) atoms. The maximum Gasteiger partial charge on any atom is 3.00 e. The average Bonchev–Trinajstić information content (AvgIpc) is 3.15. The Labute approximate surface area is 336 Å². The Morgan fingerprint density at radius 3 is 1.02 bits per heavy atom. The molecule has 0 N–H and O–H groups in total. The van der Waals surface area contributed by atoms with Gasteiger partial charge in [-0.05, 0) is 109 Å². The van der Waals surface area contributed by atoms with E-state index in [1.165, 1.54) is 18.5 Å². The van der Waals surface area contributed by atoms with E-state index >= 15 is 0 Å². The molecule has 1 aromatic rings. The molecule has 0 bridgehead atoms. The van der Waals surface area contributed by atoms with Crippen molar-refractivity contribution in [1.29, 1.82) is 0 Å². The van der Waals surface area contributed by atoms with Crippen LogP contribution >= 0.6 is 0 Å². The molecule has 0 spiro atoms. The van der Waals surface area contributed by atoms with Gasteiger partial charge >= 0.3 is 17.4 Å². The van der Waals surface area contributed by atoms with E-state index in [0.29, 0.717) is 12.8 Å². The van der Waals surface area contributed by atoms with E-state index in [9.17, 15) is 29.7 Å². The van der Waals surface area contributed by atoms with E-state index in [1.807, 2.05) is 12.2 Å². The molecule has 1 heterocycles. The average molecular weight is 752 g/mol. The van der Waals surface area contributed by atoms with E-state index in [4.69, 9.17) is 0 Å². The summed E-state index contributed by atoms with van der Waals surface area (Å²) in [5.41, 5.74) is 0.109. The first-order valence-corrected chi connectivity index (χ1v) is 18.9. The standard InChI is InChI=1S/2C20H30O2.C6H5NO2.Al/c2*1-2-3-4-5-6-7-8-9-10-11-12-13-14-15-16-17-18-19-20(21)22;8-6(9)5-2-1-3-7-4-5;/h2*3-4,6-7,9-10,12-13,15-16H,2,5,8,11,14,17-19H2,1H3,(H,21,22);1-4H,(H,8,9);/q;;;+3/p-3/b2*4-3-,7-6-,10-9-,13-12-,16-15-;;.